The van der Waals surface area contributed by atoms with Crippen LogP contribution < -0.4 is 5.32 Å². The highest BCUT2D eigenvalue weighted by atomic mass is 32.1. The van der Waals surface area contributed by atoms with E-state index >= 15 is 0 Å². The largest absolute Gasteiger partial charge is 0.508 e. The minimum Gasteiger partial charge on any atom is -0.508 e. The van der Waals surface area contributed by atoms with E-state index in [2.05, 4.69) is 15.5 Å². The number of carbonyl (C=O) groups is 1. The van der Waals surface area contributed by atoms with Crippen LogP contribution in [0.2, 0.25) is 0 Å². The molecule has 0 radical (unpaired) electrons. The van der Waals surface area contributed by atoms with E-state index in [1.165, 1.54) is 17.4 Å². The lowest BCUT2D eigenvalue weighted by Crippen LogP contribution is -2.12. The standard InChI is InChI=1S/C13H12N4O2S/c1-7-11(20-13-16-15-8(2)17(7)13)12(19)14-9-4-3-5-10(18)6-9/h3-6,18H,1-2H3,(H,14,19). The molecule has 2 heterocycles. The Balaban J connectivity index is 1.94. The first kappa shape index (κ1) is 12.6. The highest BCUT2D eigenvalue weighted by Crippen LogP contribution is 2.24. The number of nitrogens with one attached hydrogen (secondary N) is 1. The van der Waals surface area contributed by atoms with Gasteiger partial charge in [0.25, 0.3) is 5.91 Å². The topological polar surface area (TPSA) is 79.5 Å². The molecule has 102 valence electrons. The summed E-state index contributed by atoms with van der Waals surface area (Å²) < 4.78 is 1.85. The molecule has 2 N–H and O–H groups in total. The molecule has 0 saturated carbocycles. The van der Waals surface area contributed by atoms with Crippen molar-refractivity contribution in [1.29, 1.82) is 0 Å². The van der Waals surface area contributed by atoms with Crippen molar-refractivity contribution in [2.24, 2.45) is 0 Å². The van der Waals surface area contributed by atoms with Crippen molar-refractivity contribution in [3.05, 3.63) is 40.7 Å². The van der Waals surface area contributed by atoms with Crippen LogP contribution in [0.15, 0.2) is 24.3 Å². The number of anilines is 1. The fraction of sp³-hybridized carbons (Fsp3) is 0.154. The van der Waals surface area contributed by atoms with E-state index in [1.54, 1.807) is 18.2 Å². The molecule has 0 aliphatic carbocycles. The zero-order valence-electron chi connectivity index (χ0n) is 10.9. The number of aryl methyl sites for hydroxylation is 2. The molecule has 2 aromatic heterocycles. The molecule has 0 bridgehead atoms. The van der Waals surface area contributed by atoms with Gasteiger partial charge in [-0.25, -0.2) is 0 Å². The molecule has 0 saturated heterocycles. The SMILES string of the molecule is Cc1nnc2sc(C(=O)Nc3cccc(O)c3)c(C)n12. The third-order valence-corrected chi connectivity index (χ3v) is 4.09. The number of phenols is 1. The van der Waals surface area contributed by atoms with E-state index in [0.717, 1.165) is 11.5 Å². The summed E-state index contributed by atoms with van der Waals surface area (Å²) in [6.45, 7) is 3.70. The number of benzene rings is 1. The Morgan fingerprint density at radius 2 is 2.15 bits per heavy atom. The Labute approximate surface area is 118 Å². The first-order valence-corrected chi connectivity index (χ1v) is 6.79. The summed E-state index contributed by atoms with van der Waals surface area (Å²) in [5, 5.41) is 20.1. The monoisotopic (exact) mass is 288 g/mol. The van der Waals surface area contributed by atoms with Gasteiger partial charge in [-0.05, 0) is 26.0 Å². The number of fused-ring (bicyclic) bond motifs is 1. The Kier molecular flexibility index (Phi) is 2.90. The van der Waals surface area contributed by atoms with Crippen LogP contribution in [0.1, 0.15) is 21.2 Å². The highest BCUT2D eigenvalue weighted by molar-refractivity contribution is 7.19. The maximum absolute atomic E-state index is 12.3. The van der Waals surface area contributed by atoms with Crippen LogP contribution in [0.5, 0.6) is 5.75 Å². The second-order valence-electron chi connectivity index (χ2n) is 4.39. The molecule has 6 nitrogen and oxygen atoms in total. The van der Waals surface area contributed by atoms with Crippen LogP contribution in [0.25, 0.3) is 4.96 Å². The van der Waals surface area contributed by atoms with Gasteiger partial charge in [-0.15, -0.1) is 10.2 Å². The van der Waals surface area contributed by atoms with Gasteiger partial charge in [0, 0.05) is 17.4 Å². The summed E-state index contributed by atoms with van der Waals surface area (Å²) in [6, 6.07) is 6.44. The Morgan fingerprint density at radius 3 is 2.85 bits per heavy atom. The molecular formula is C13H12N4O2S. The van der Waals surface area contributed by atoms with Crippen LogP contribution in [-0.2, 0) is 0 Å². The molecular weight excluding hydrogens is 276 g/mol. The van der Waals surface area contributed by atoms with Crippen LogP contribution in [-0.4, -0.2) is 25.6 Å². The fourth-order valence-corrected chi connectivity index (χ4v) is 3.05. The maximum Gasteiger partial charge on any atom is 0.267 e. The van der Waals surface area contributed by atoms with E-state index in [1.807, 2.05) is 18.2 Å². The van der Waals surface area contributed by atoms with E-state index in [0.29, 0.717) is 15.5 Å². The summed E-state index contributed by atoms with van der Waals surface area (Å²) in [6.07, 6.45) is 0. The lowest BCUT2D eigenvalue weighted by Gasteiger charge is -2.04. The molecule has 3 rings (SSSR count). The van der Waals surface area contributed by atoms with Crippen molar-refractivity contribution < 1.29 is 9.90 Å². The average Bonchev–Trinajstić information content (AvgIpc) is 2.91. The third kappa shape index (κ3) is 2.01. The van der Waals surface area contributed by atoms with Crippen molar-refractivity contribution in [2.45, 2.75) is 13.8 Å². The van der Waals surface area contributed by atoms with Crippen molar-refractivity contribution in [2.75, 3.05) is 5.32 Å². The predicted octanol–water partition coefficient (Wildman–Crippen LogP) is 2.37. The van der Waals surface area contributed by atoms with Crippen molar-refractivity contribution >= 4 is 27.9 Å². The minimum absolute atomic E-state index is 0.112. The number of hydrogen-bond acceptors (Lipinski definition) is 5. The maximum atomic E-state index is 12.3. The zero-order chi connectivity index (χ0) is 14.3. The van der Waals surface area contributed by atoms with Gasteiger partial charge in [0.15, 0.2) is 0 Å². The zero-order valence-corrected chi connectivity index (χ0v) is 11.7. The number of nitrogens with zero attached hydrogens (tertiary/aromatic N) is 3. The number of aromatic hydroxyl groups is 1. The first-order valence-electron chi connectivity index (χ1n) is 5.98. The lowest BCUT2D eigenvalue weighted by atomic mass is 10.3. The van der Waals surface area contributed by atoms with E-state index in [4.69, 9.17) is 0 Å². The summed E-state index contributed by atoms with van der Waals surface area (Å²) in [5.41, 5.74) is 1.36. The van der Waals surface area contributed by atoms with Crippen molar-refractivity contribution in [3.63, 3.8) is 0 Å². The van der Waals surface area contributed by atoms with Crippen LogP contribution >= 0.6 is 11.3 Å². The predicted molar refractivity (Wildman–Crippen MR) is 76.4 cm³/mol. The number of aromatic nitrogens is 3. The molecule has 0 fully saturated rings. The minimum atomic E-state index is -0.219. The Morgan fingerprint density at radius 1 is 1.35 bits per heavy atom. The van der Waals surface area contributed by atoms with Crippen molar-refractivity contribution in [3.8, 4) is 5.75 Å². The molecule has 0 unspecified atom stereocenters. The van der Waals surface area contributed by atoms with Crippen LogP contribution in [0.4, 0.5) is 5.69 Å². The number of carbonyl (C=O) groups excluding carboxylic acids is 1. The molecule has 7 heteroatoms. The Bertz CT molecular complexity index is 806. The summed E-state index contributed by atoms with van der Waals surface area (Å²) >= 11 is 1.29. The Hall–Kier alpha value is -2.41. The van der Waals surface area contributed by atoms with E-state index in [9.17, 15) is 9.90 Å². The fourth-order valence-electron chi connectivity index (χ4n) is 2.04. The van der Waals surface area contributed by atoms with Gasteiger partial charge in [0.1, 0.15) is 16.5 Å². The highest BCUT2D eigenvalue weighted by Gasteiger charge is 2.18. The van der Waals surface area contributed by atoms with Crippen LogP contribution in [0, 0.1) is 13.8 Å². The normalized spacial score (nSPS) is 10.9. The lowest BCUT2D eigenvalue weighted by molar-refractivity contribution is 0.102. The summed E-state index contributed by atoms with van der Waals surface area (Å²) in [4.78, 5) is 13.6. The number of amides is 1. The van der Waals surface area contributed by atoms with Gasteiger partial charge < -0.3 is 10.4 Å². The molecule has 0 atom stereocenters. The molecule has 20 heavy (non-hydrogen) atoms. The number of phenolic OH excluding ortho intramolecular Hbond substituents is 1. The molecule has 3 aromatic rings. The quantitative estimate of drug-likeness (QED) is 0.758. The van der Waals surface area contributed by atoms with Crippen molar-refractivity contribution in [1.82, 2.24) is 14.6 Å². The first-order chi connectivity index (χ1) is 9.56. The average molecular weight is 288 g/mol. The number of hydrogen-bond donors (Lipinski definition) is 2. The summed E-state index contributed by atoms with van der Waals surface area (Å²) in [7, 11) is 0. The number of thiazole rings is 1. The van der Waals surface area contributed by atoms with Crippen LogP contribution in [0.3, 0.4) is 0 Å². The van der Waals surface area contributed by atoms with Gasteiger partial charge in [-0.2, -0.15) is 0 Å². The van der Waals surface area contributed by atoms with E-state index < -0.39 is 0 Å². The molecule has 0 aliphatic rings. The molecule has 0 aliphatic heterocycles. The van der Waals surface area contributed by atoms with Gasteiger partial charge in [-0.3, -0.25) is 9.20 Å². The van der Waals surface area contributed by atoms with E-state index in [-0.39, 0.29) is 11.7 Å². The van der Waals surface area contributed by atoms with Gasteiger partial charge >= 0.3 is 0 Å². The van der Waals surface area contributed by atoms with Gasteiger partial charge in [-0.1, -0.05) is 17.4 Å². The number of rotatable bonds is 2. The molecule has 1 amide bonds. The second-order valence-corrected chi connectivity index (χ2v) is 5.36. The second kappa shape index (κ2) is 4.61. The van der Waals surface area contributed by atoms with Gasteiger partial charge in [0.05, 0.1) is 0 Å². The van der Waals surface area contributed by atoms with Gasteiger partial charge in [0.2, 0.25) is 4.96 Å². The molecule has 1 aromatic carbocycles. The smallest absolute Gasteiger partial charge is 0.267 e. The third-order valence-electron chi connectivity index (χ3n) is 2.96. The summed E-state index contributed by atoms with van der Waals surface area (Å²) in [5.74, 6) is 0.647. The molecule has 0 spiro atoms.